The minimum atomic E-state index is 0.867. The number of hydrogen-bond acceptors (Lipinski definition) is 1. The lowest BCUT2D eigenvalue weighted by atomic mass is 10.1. The zero-order chi connectivity index (χ0) is 9.52. The SMILES string of the molecule is CCCC(C)CNCCCC1CC1. The molecule has 0 aromatic carbocycles. The van der Waals surface area contributed by atoms with Gasteiger partial charge in [-0.1, -0.05) is 33.1 Å². The molecule has 1 aliphatic carbocycles. The van der Waals surface area contributed by atoms with Gasteiger partial charge >= 0.3 is 0 Å². The van der Waals surface area contributed by atoms with Crippen LogP contribution < -0.4 is 5.32 Å². The average molecular weight is 183 g/mol. The van der Waals surface area contributed by atoms with Gasteiger partial charge in [-0.3, -0.25) is 0 Å². The van der Waals surface area contributed by atoms with Crippen LogP contribution >= 0.6 is 0 Å². The molecular formula is C12H25N. The lowest BCUT2D eigenvalue weighted by molar-refractivity contribution is 0.467. The Bertz CT molecular complexity index is 118. The monoisotopic (exact) mass is 183 g/mol. The smallest absolute Gasteiger partial charge is 0.00232 e. The second-order valence-corrected chi connectivity index (χ2v) is 4.68. The molecule has 13 heavy (non-hydrogen) atoms. The van der Waals surface area contributed by atoms with Crippen molar-refractivity contribution in [1.29, 1.82) is 0 Å². The van der Waals surface area contributed by atoms with E-state index >= 15 is 0 Å². The number of rotatable bonds is 8. The first-order chi connectivity index (χ1) is 6.33. The van der Waals surface area contributed by atoms with E-state index in [9.17, 15) is 0 Å². The first-order valence-corrected chi connectivity index (χ1v) is 6.03. The maximum atomic E-state index is 3.55. The summed E-state index contributed by atoms with van der Waals surface area (Å²) in [6.45, 7) is 7.07. The predicted octanol–water partition coefficient (Wildman–Crippen LogP) is 3.20. The summed E-state index contributed by atoms with van der Waals surface area (Å²) >= 11 is 0. The maximum absolute atomic E-state index is 3.55. The highest BCUT2D eigenvalue weighted by atomic mass is 14.8. The zero-order valence-corrected chi connectivity index (χ0v) is 9.31. The van der Waals surface area contributed by atoms with Crippen LogP contribution in [-0.2, 0) is 0 Å². The van der Waals surface area contributed by atoms with Gasteiger partial charge in [-0.05, 0) is 44.2 Å². The van der Waals surface area contributed by atoms with Crippen molar-refractivity contribution < 1.29 is 0 Å². The van der Waals surface area contributed by atoms with Crippen LogP contribution in [0.25, 0.3) is 0 Å². The average Bonchev–Trinajstić information content (AvgIpc) is 2.88. The molecule has 0 spiro atoms. The van der Waals surface area contributed by atoms with E-state index in [1.165, 1.54) is 51.6 Å². The van der Waals surface area contributed by atoms with E-state index in [1.807, 2.05) is 0 Å². The fourth-order valence-corrected chi connectivity index (χ4v) is 1.87. The molecular weight excluding hydrogens is 158 g/mol. The summed E-state index contributed by atoms with van der Waals surface area (Å²) in [5.41, 5.74) is 0. The van der Waals surface area contributed by atoms with Gasteiger partial charge in [0, 0.05) is 0 Å². The lowest BCUT2D eigenvalue weighted by Crippen LogP contribution is -2.22. The van der Waals surface area contributed by atoms with E-state index in [0.29, 0.717) is 0 Å². The van der Waals surface area contributed by atoms with Crippen molar-refractivity contribution >= 4 is 0 Å². The first-order valence-electron chi connectivity index (χ1n) is 6.03. The zero-order valence-electron chi connectivity index (χ0n) is 9.31. The third-order valence-corrected chi connectivity index (χ3v) is 2.94. The van der Waals surface area contributed by atoms with Crippen molar-refractivity contribution in [1.82, 2.24) is 5.32 Å². The largest absolute Gasteiger partial charge is 0.316 e. The van der Waals surface area contributed by atoms with Crippen molar-refractivity contribution in [3.63, 3.8) is 0 Å². The Morgan fingerprint density at radius 1 is 1.38 bits per heavy atom. The molecule has 0 amide bonds. The minimum Gasteiger partial charge on any atom is -0.316 e. The quantitative estimate of drug-likeness (QED) is 0.570. The fraction of sp³-hybridized carbons (Fsp3) is 1.00. The number of nitrogens with one attached hydrogen (secondary N) is 1. The number of hydrogen-bond donors (Lipinski definition) is 1. The Morgan fingerprint density at radius 3 is 2.77 bits per heavy atom. The molecule has 1 nitrogen and oxygen atoms in total. The molecule has 1 N–H and O–H groups in total. The van der Waals surface area contributed by atoms with Gasteiger partial charge in [0.25, 0.3) is 0 Å². The van der Waals surface area contributed by atoms with Crippen LogP contribution in [0, 0.1) is 11.8 Å². The molecule has 0 aromatic heterocycles. The second kappa shape index (κ2) is 6.42. The lowest BCUT2D eigenvalue weighted by Gasteiger charge is -2.10. The summed E-state index contributed by atoms with van der Waals surface area (Å²) < 4.78 is 0. The molecule has 0 radical (unpaired) electrons. The van der Waals surface area contributed by atoms with Crippen molar-refractivity contribution in [2.75, 3.05) is 13.1 Å². The van der Waals surface area contributed by atoms with Crippen molar-refractivity contribution in [3.8, 4) is 0 Å². The molecule has 1 saturated carbocycles. The van der Waals surface area contributed by atoms with Crippen LogP contribution in [-0.4, -0.2) is 13.1 Å². The highest BCUT2D eigenvalue weighted by Gasteiger charge is 2.19. The molecule has 1 aliphatic rings. The summed E-state index contributed by atoms with van der Waals surface area (Å²) in [6, 6.07) is 0. The van der Waals surface area contributed by atoms with E-state index in [0.717, 1.165) is 11.8 Å². The Hall–Kier alpha value is -0.0400. The van der Waals surface area contributed by atoms with Gasteiger partial charge in [0.05, 0.1) is 0 Å². The highest BCUT2D eigenvalue weighted by Crippen LogP contribution is 2.33. The molecule has 1 rings (SSSR count). The second-order valence-electron chi connectivity index (χ2n) is 4.68. The summed E-state index contributed by atoms with van der Waals surface area (Å²) in [5, 5.41) is 3.55. The molecule has 0 saturated heterocycles. The molecule has 1 atom stereocenters. The van der Waals surface area contributed by atoms with Crippen LogP contribution in [0.2, 0.25) is 0 Å². The van der Waals surface area contributed by atoms with Crippen LogP contribution in [0.15, 0.2) is 0 Å². The maximum Gasteiger partial charge on any atom is -0.00232 e. The van der Waals surface area contributed by atoms with Gasteiger partial charge in [0.2, 0.25) is 0 Å². The van der Waals surface area contributed by atoms with Crippen LogP contribution in [0.4, 0.5) is 0 Å². The summed E-state index contributed by atoms with van der Waals surface area (Å²) in [7, 11) is 0. The van der Waals surface area contributed by atoms with Gasteiger partial charge in [-0.15, -0.1) is 0 Å². The molecule has 78 valence electrons. The Kier molecular flexibility index (Phi) is 5.45. The molecule has 0 heterocycles. The van der Waals surface area contributed by atoms with Crippen LogP contribution in [0.3, 0.4) is 0 Å². The molecule has 1 unspecified atom stereocenters. The topological polar surface area (TPSA) is 12.0 Å². The van der Waals surface area contributed by atoms with Gasteiger partial charge < -0.3 is 5.32 Å². The van der Waals surface area contributed by atoms with Crippen molar-refractivity contribution in [3.05, 3.63) is 0 Å². The molecule has 0 bridgehead atoms. The predicted molar refractivity (Wildman–Crippen MR) is 58.9 cm³/mol. The van der Waals surface area contributed by atoms with Gasteiger partial charge in [0.1, 0.15) is 0 Å². The van der Waals surface area contributed by atoms with Gasteiger partial charge in [-0.2, -0.15) is 0 Å². The Morgan fingerprint density at radius 2 is 2.15 bits per heavy atom. The van der Waals surface area contributed by atoms with Crippen LogP contribution in [0.1, 0.15) is 52.4 Å². The van der Waals surface area contributed by atoms with E-state index in [4.69, 9.17) is 0 Å². The third kappa shape index (κ3) is 6.09. The normalized spacial score (nSPS) is 18.9. The van der Waals surface area contributed by atoms with E-state index in [2.05, 4.69) is 19.2 Å². The van der Waals surface area contributed by atoms with Crippen molar-refractivity contribution in [2.24, 2.45) is 11.8 Å². The molecule has 1 fully saturated rings. The van der Waals surface area contributed by atoms with Gasteiger partial charge in [-0.25, -0.2) is 0 Å². The van der Waals surface area contributed by atoms with E-state index in [-0.39, 0.29) is 0 Å². The molecule has 0 aliphatic heterocycles. The highest BCUT2D eigenvalue weighted by molar-refractivity contribution is 4.73. The fourth-order valence-electron chi connectivity index (χ4n) is 1.87. The summed E-state index contributed by atoms with van der Waals surface area (Å²) in [5.74, 6) is 1.97. The molecule has 0 aromatic rings. The third-order valence-electron chi connectivity index (χ3n) is 2.94. The van der Waals surface area contributed by atoms with Crippen molar-refractivity contribution in [2.45, 2.75) is 52.4 Å². The van der Waals surface area contributed by atoms with Crippen LogP contribution in [0.5, 0.6) is 0 Å². The standard InChI is InChI=1S/C12H25N/c1-3-5-11(2)10-13-9-4-6-12-7-8-12/h11-13H,3-10H2,1-2H3. The first kappa shape index (κ1) is 11.0. The minimum absolute atomic E-state index is 0.867. The summed E-state index contributed by atoms with van der Waals surface area (Å²) in [6.07, 6.45) is 8.57. The molecule has 1 heteroatoms. The Labute approximate surface area is 83.3 Å². The summed E-state index contributed by atoms with van der Waals surface area (Å²) in [4.78, 5) is 0. The van der Waals surface area contributed by atoms with E-state index in [1.54, 1.807) is 0 Å². The van der Waals surface area contributed by atoms with E-state index < -0.39 is 0 Å². The Balaban J connectivity index is 1.76. The van der Waals surface area contributed by atoms with Gasteiger partial charge in [0.15, 0.2) is 0 Å².